The zero-order chi connectivity index (χ0) is 27.9. The lowest BCUT2D eigenvalue weighted by Gasteiger charge is -2.22. The number of nitrogens with zero attached hydrogens (tertiary/aromatic N) is 2. The van der Waals surface area contributed by atoms with Crippen LogP contribution in [0.5, 0.6) is 11.5 Å². The molecular weight excluding hydrogens is 496 g/mol. The summed E-state index contributed by atoms with van der Waals surface area (Å²) in [5.41, 5.74) is 3.42. The highest BCUT2D eigenvalue weighted by Gasteiger charge is 2.23. The first-order valence-corrected chi connectivity index (χ1v) is 12.7. The number of aromatic nitrogens is 1. The lowest BCUT2D eigenvalue weighted by atomic mass is 9.97. The Bertz CT molecular complexity index is 1390. The largest absolute Gasteiger partial charge is 0.508 e. The molecule has 0 atom stereocenters. The van der Waals surface area contributed by atoms with Gasteiger partial charge in [-0.3, -0.25) is 0 Å². The number of aromatic hydroxyl groups is 1. The van der Waals surface area contributed by atoms with Crippen LogP contribution in [0, 0.1) is 0 Å². The van der Waals surface area contributed by atoms with Crippen LogP contribution >= 0.6 is 0 Å². The molecule has 1 heterocycles. The molecule has 4 rings (SSSR count). The first kappa shape index (κ1) is 27.4. The number of phenols is 1. The van der Waals surface area contributed by atoms with Crippen molar-refractivity contribution >= 4 is 17.6 Å². The second-order valence-electron chi connectivity index (χ2n) is 9.48. The number of ether oxygens (including phenoxy) is 3. The quantitative estimate of drug-likeness (QED) is 0.302. The monoisotopic (exact) mass is 529 g/mol. The molecule has 0 spiro atoms. The molecule has 3 aromatic rings. The molecule has 8 heteroatoms. The maximum absolute atomic E-state index is 12.8. The Kier molecular flexibility index (Phi) is 8.66. The van der Waals surface area contributed by atoms with Crippen molar-refractivity contribution in [3.8, 4) is 11.5 Å². The summed E-state index contributed by atoms with van der Waals surface area (Å²) in [6, 6.07) is 16.9. The fourth-order valence-corrected chi connectivity index (χ4v) is 4.07. The first-order valence-electron chi connectivity index (χ1n) is 12.7. The Morgan fingerprint density at radius 1 is 0.795 bits per heavy atom. The molecular formula is C31H33N2O6+. The number of esters is 2. The molecule has 1 aliphatic rings. The molecule has 0 fully saturated rings. The molecule has 202 valence electrons. The van der Waals surface area contributed by atoms with Gasteiger partial charge >= 0.3 is 11.9 Å². The standard InChI is InChI=1S/C31H32N2O6/c1-21-22(2)29(14-13-28(21)38-30(35)23-5-9-26(34)10-6-23)39-31(36)24-7-11-27(12-8-24)37-20-19-33-17-15-25(16-18-33)32(3)4/h5-12,15-18H,13-14,19-20H2,1-4H3/p+1. The van der Waals surface area contributed by atoms with Gasteiger partial charge < -0.3 is 24.2 Å². The van der Waals surface area contributed by atoms with Crippen molar-refractivity contribution in [2.75, 3.05) is 25.6 Å². The lowest BCUT2D eigenvalue weighted by Crippen LogP contribution is -2.35. The van der Waals surface area contributed by atoms with Crippen LogP contribution in [0.15, 0.2) is 95.7 Å². The Morgan fingerprint density at radius 3 is 1.77 bits per heavy atom. The van der Waals surface area contributed by atoms with E-state index >= 15 is 0 Å². The predicted molar refractivity (Wildman–Crippen MR) is 146 cm³/mol. The summed E-state index contributed by atoms with van der Waals surface area (Å²) < 4.78 is 19.2. The summed E-state index contributed by atoms with van der Waals surface area (Å²) in [7, 11) is 4.01. The van der Waals surface area contributed by atoms with Crippen LogP contribution in [0.2, 0.25) is 0 Å². The number of hydrogen-bond acceptors (Lipinski definition) is 7. The summed E-state index contributed by atoms with van der Waals surface area (Å²) in [6.07, 6.45) is 4.89. The van der Waals surface area contributed by atoms with Crippen LogP contribution in [0.4, 0.5) is 5.69 Å². The van der Waals surface area contributed by atoms with Gasteiger partial charge in [0.15, 0.2) is 18.9 Å². The molecule has 1 aromatic heterocycles. The Hall–Kier alpha value is -4.59. The Labute approximate surface area is 228 Å². The Morgan fingerprint density at radius 2 is 1.28 bits per heavy atom. The topological polar surface area (TPSA) is 89.2 Å². The van der Waals surface area contributed by atoms with Crippen molar-refractivity contribution in [2.24, 2.45) is 0 Å². The SMILES string of the molecule is CC1=C(OC(=O)c2ccc(O)cc2)CCC(OC(=O)c2ccc(OCC[n+]3ccc(N(C)C)cc3)cc2)=C1C. The van der Waals surface area contributed by atoms with Gasteiger partial charge in [0, 0.05) is 44.8 Å². The van der Waals surface area contributed by atoms with Crippen molar-refractivity contribution < 1.29 is 33.5 Å². The number of rotatable bonds is 9. The van der Waals surface area contributed by atoms with E-state index in [1.807, 2.05) is 57.4 Å². The molecule has 0 bridgehead atoms. The van der Waals surface area contributed by atoms with E-state index < -0.39 is 11.9 Å². The van der Waals surface area contributed by atoms with Gasteiger partial charge in [-0.15, -0.1) is 0 Å². The van der Waals surface area contributed by atoms with Gasteiger partial charge in [-0.25, -0.2) is 14.2 Å². The van der Waals surface area contributed by atoms with Gasteiger partial charge in [-0.1, -0.05) is 0 Å². The summed E-state index contributed by atoms with van der Waals surface area (Å²) in [6.45, 7) is 4.87. The van der Waals surface area contributed by atoms with Crippen LogP contribution < -0.4 is 14.2 Å². The van der Waals surface area contributed by atoms with Crippen molar-refractivity contribution in [1.29, 1.82) is 0 Å². The highest BCUT2D eigenvalue weighted by molar-refractivity contribution is 5.91. The van der Waals surface area contributed by atoms with E-state index in [4.69, 9.17) is 14.2 Å². The third kappa shape index (κ3) is 7.04. The van der Waals surface area contributed by atoms with Gasteiger partial charge in [-0.05, 0) is 73.5 Å². The molecule has 2 aromatic carbocycles. The van der Waals surface area contributed by atoms with E-state index in [1.165, 1.54) is 24.3 Å². The fraction of sp³-hybridized carbons (Fsp3) is 0.258. The zero-order valence-electron chi connectivity index (χ0n) is 22.6. The van der Waals surface area contributed by atoms with Crippen LogP contribution in [0.25, 0.3) is 0 Å². The summed E-state index contributed by atoms with van der Waals surface area (Å²) >= 11 is 0. The van der Waals surface area contributed by atoms with Crippen molar-refractivity contribution in [2.45, 2.75) is 33.2 Å². The smallest absolute Gasteiger partial charge is 0.343 e. The number of hydrogen-bond donors (Lipinski definition) is 1. The predicted octanol–water partition coefficient (Wildman–Crippen LogP) is 5.18. The molecule has 39 heavy (non-hydrogen) atoms. The van der Waals surface area contributed by atoms with E-state index in [9.17, 15) is 14.7 Å². The van der Waals surface area contributed by atoms with Gasteiger partial charge in [0.05, 0.1) is 11.1 Å². The average molecular weight is 530 g/mol. The molecule has 0 saturated heterocycles. The van der Waals surface area contributed by atoms with Crippen molar-refractivity contribution in [3.63, 3.8) is 0 Å². The third-order valence-electron chi connectivity index (χ3n) is 6.61. The molecule has 0 saturated carbocycles. The van der Waals surface area contributed by atoms with E-state index in [1.54, 1.807) is 24.3 Å². The molecule has 0 aliphatic heterocycles. The highest BCUT2D eigenvalue weighted by Crippen LogP contribution is 2.32. The van der Waals surface area contributed by atoms with Gasteiger partial charge in [0.25, 0.3) is 0 Å². The number of pyridine rings is 1. The molecule has 0 amide bonds. The number of anilines is 1. The number of carbonyl (C=O) groups is 2. The van der Waals surface area contributed by atoms with Crippen molar-refractivity contribution in [1.82, 2.24) is 0 Å². The van der Waals surface area contributed by atoms with E-state index in [0.717, 1.165) is 16.8 Å². The summed E-state index contributed by atoms with van der Waals surface area (Å²) in [5.74, 6) is 0.890. The minimum atomic E-state index is -0.499. The minimum absolute atomic E-state index is 0.0769. The molecule has 8 nitrogen and oxygen atoms in total. The Balaban J connectivity index is 1.31. The number of carbonyl (C=O) groups excluding carboxylic acids is 2. The number of allylic oxidation sites excluding steroid dienone is 4. The highest BCUT2D eigenvalue weighted by atomic mass is 16.5. The summed E-state index contributed by atoms with van der Waals surface area (Å²) in [4.78, 5) is 27.3. The van der Waals surface area contributed by atoms with Crippen molar-refractivity contribution in [3.05, 3.63) is 107 Å². The second-order valence-corrected chi connectivity index (χ2v) is 9.48. The minimum Gasteiger partial charge on any atom is -0.508 e. The zero-order valence-corrected chi connectivity index (χ0v) is 22.6. The van der Waals surface area contributed by atoms with Crippen LogP contribution in [0.3, 0.4) is 0 Å². The molecule has 1 aliphatic carbocycles. The molecule has 0 radical (unpaired) electrons. The van der Waals surface area contributed by atoms with E-state index in [-0.39, 0.29) is 5.75 Å². The van der Waals surface area contributed by atoms with Crippen LogP contribution in [-0.2, 0) is 16.0 Å². The van der Waals surface area contributed by atoms with Crippen LogP contribution in [0.1, 0.15) is 47.4 Å². The van der Waals surface area contributed by atoms with E-state index in [2.05, 4.69) is 4.57 Å². The fourth-order valence-electron chi connectivity index (χ4n) is 4.07. The first-order chi connectivity index (χ1) is 18.7. The normalized spacial score (nSPS) is 13.2. The molecule has 0 unspecified atom stereocenters. The third-order valence-corrected chi connectivity index (χ3v) is 6.61. The van der Waals surface area contributed by atoms with Gasteiger partial charge in [-0.2, -0.15) is 0 Å². The second kappa shape index (κ2) is 12.3. The molecule has 1 N–H and O–H groups in total. The van der Waals surface area contributed by atoms with Crippen LogP contribution in [-0.4, -0.2) is 37.7 Å². The number of benzene rings is 2. The number of phenolic OH excluding ortho intramolecular Hbond substituents is 1. The van der Waals surface area contributed by atoms with E-state index in [0.29, 0.717) is 54.4 Å². The lowest BCUT2D eigenvalue weighted by molar-refractivity contribution is -0.697. The van der Waals surface area contributed by atoms with Gasteiger partial charge in [0.1, 0.15) is 29.6 Å². The maximum Gasteiger partial charge on any atom is 0.343 e. The maximum atomic E-state index is 12.8. The van der Waals surface area contributed by atoms with Gasteiger partial charge in [0.2, 0.25) is 0 Å². The summed E-state index contributed by atoms with van der Waals surface area (Å²) in [5, 5.41) is 9.41. The average Bonchev–Trinajstić information content (AvgIpc) is 2.93.